The Bertz CT molecular complexity index is 184. The zero-order chi connectivity index (χ0) is 14.0. The van der Waals surface area contributed by atoms with Crippen LogP contribution in [0.5, 0.6) is 0 Å². The molecule has 0 saturated heterocycles. The maximum absolute atomic E-state index is 5.43. The number of hydrogen-bond donors (Lipinski definition) is 0. The van der Waals surface area contributed by atoms with Crippen molar-refractivity contribution in [2.24, 2.45) is 0 Å². The second-order valence-electron chi connectivity index (χ2n) is 4.96. The van der Waals surface area contributed by atoms with Gasteiger partial charge in [-0.1, -0.05) is 64.0 Å². The molecule has 0 aliphatic heterocycles. The van der Waals surface area contributed by atoms with Crippen molar-refractivity contribution in [3.8, 4) is 0 Å². The second-order valence-corrected chi connectivity index (χ2v) is 4.96. The van der Waals surface area contributed by atoms with Gasteiger partial charge < -0.3 is 9.47 Å². The summed E-state index contributed by atoms with van der Waals surface area (Å²) in [6, 6.07) is 0. The van der Waals surface area contributed by atoms with Gasteiger partial charge in [0.1, 0.15) is 6.79 Å². The Morgan fingerprint density at radius 3 is 2.05 bits per heavy atom. The van der Waals surface area contributed by atoms with E-state index in [4.69, 9.17) is 9.47 Å². The summed E-state index contributed by atoms with van der Waals surface area (Å²) >= 11 is 0. The van der Waals surface area contributed by atoms with Crippen molar-refractivity contribution in [2.75, 3.05) is 20.0 Å². The van der Waals surface area contributed by atoms with Crippen LogP contribution >= 0.6 is 0 Å². The summed E-state index contributed by atoms with van der Waals surface area (Å²) in [6.45, 7) is 8.02. The van der Waals surface area contributed by atoms with E-state index < -0.39 is 0 Å². The van der Waals surface area contributed by atoms with Crippen LogP contribution in [-0.4, -0.2) is 38.9 Å². The predicted molar refractivity (Wildman–Crippen MR) is 90.3 cm³/mol. The third kappa shape index (κ3) is 20.6. The van der Waals surface area contributed by atoms with Crippen molar-refractivity contribution < 1.29 is 9.47 Å². The molecule has 0 unspecified atom stereocenters. The minimum atomic E-state index is 0. The average Bonchev–Trinajstić information content (AvgIpc) is 2.43. The van der Waals surface area contributed by atoms with Gasteiger partial charge in [-0.3, -0.25) is 0 Å². The molecule has 0 rings (SSSR count). The van der Waals surface area contributed by atoms with Crippen LogP contribution in [-0.2, 0) is 9.47 Å². The predicted octanol–water partition coefficient (Wildman–Crippen LogP) is 4.64. The Kier molecular flexibility index (Phi) is 24.3. The molecule has 115 valence electrons. The molecule has 0 aliphatic carbocycles. The topological polar surface area (TPSA) is 18.5 Å². The van der Waals surface area contributed by atoms with Gasteiger partial charge >= 0.3 is 18.9 Å². The van der Waals surface area contributed by atoms with E-state index in [1.54, 1.807) is 0 Å². The van der Waals surface area contributed by atoms with Gasteiger partial charge in [0.15, 0.2) is 0 Å². The summed E-state index contributed by atoms with van der Waals surface area (Å²) in [5.74, 6) is 0. The summed E-state index contributed by atoms with van der Waals surface area (Å²) in [7, 11) is 0. The second kappa shape index (κ2) is 21.6. The summed E-state index contributed by atoms with van der Waals surface area (Å²) in [5.41, 5.74) is 0. The number of ether oxygens (including phenoxy) is 2. The Balaban J connectivity index is 0. The summed E-state index contributed by atoms with van der Waals surface area (Å²) in [6.07, 6.45) is 16.7. The molecule has 0 aliphatic rings. The van der Waals surface area contributed by atoms with Gasteiger partial charge in [0.2, 0.25) is 0 Å². The van der Waals surface area contributed by atoms with Gasteiger partial charge in [-0.05, 0) is 26.2 Å². The van der Waals surface area contributed by atoms with Gasteiger partial charge in [0.05, 0.1) is 6.61 Å². The molecule has 0 atom stereocenters. The molecule has 0 spiro atoms. The fourth-order valence-corrected chi connectivity index (χ4v) is 1.90. The number of allylic oxidation sites excluding steroid dienone is 1. The molecule has 20 heavy (non-hydrogen) atoms. The monoisotopic (exact) mass is 277 g/mol. The van der Waals surface area contributed by atoms with Crippen molar-refractivity contribution >= 4 is 18.9 Å². The molecule has 0 fully saturated rings. The fraction of sp³-hybridized carbons (Fsp3) is 0.824. The van der Waals surface area contributed by atoms with Gasteiger partial charge in [0.25, 0.3) is 0 Å². The van der Waals surface area contributed by atoms with Crippen LogP contribution in [0.1, 0.15) is 71.1 Å². The zero-order valence-corrected chi connectivity index (χ0v) is 12.9. The number of hydrogen-bond acceptors (Lipinski definition) is 2. The number of unbranched alkanes of at least 4 members (excludes halogenated alkanes) is 7. The van der Waals surface area contributed by atoms with Crippen LogP contribution in [0.3, 0.4) is 0 Å². The molecular weight excluding hydrogens is 243 g/mol. The molecule has 0 saturated carbocycles. The van der Waals surface area contributed by atoms with Crippen LogP contribution in [0, 0.1) is 6.92 Å². The van der Waals surface area contributed by atoms with E-state index in [1.807, 2.05) is 0 Å². The first kappa shape index (κ1) is 22.5. The quantitative estimate of drug-likeness (QED) is 0.188. The van der Waals surface area contributed by atoms with Crippen molar-refractivity contribution in [2.45, 2.75) is 71.1 Å². The Hall–Kier alpha value is 0.257. The Morgan fingerprint density at radius 2 is 1.40 bits per heavy atom. The van der Waals surface area contributed by atoms with Gasteiger partial charge in [-0.2, -0.15) is 0 Å². The maximum atomic E-state index is 5.43. The number of rotatable bonds is 15. The normalized spacial score (nSPS) is 10.9. The van der Waals surface area contributed by atoms with E-state index in [0.29, 0.717) is 6.79 Å². The van der Waals surface area contributed by atoms with Crippen molar-refractivity contribution in [1.29, 1.82) is 0 Å². The first-order valence-corrected chi connectivity index (χ1v) is 8.01. The molecule has 0 aromatic heterocycles. The molecule has 1 radical (unpaired) electrons. The van der Waals surface area contributed by atoms with E-state index >= 15 is 0 Å². The summed E-state index contributed by atoms with van der Waals surface area (Å²) in [5, 5.41) is 0. The van der Waals surface area contributed by atoms with E-state index in [9.17, 15) is 0 Å². The summed E-state index contributed by atoms with van der Waals surface area (Å²) in [4.78, 5) is 0. The summed E-state index contributed by atoms with van der Waals surface area (Å²) < 4.78 is 10.8. The first-order chi connectivity index (χ1) is 9.41. The Labute approximate surface area is 138 Å². The molecule has 0 bridgehead atoms. The SMILES string of the molecule is [CH2]C/C=C/CCOCOCCCCCCCCCC.[LiH]. The molecule has 3 heteroatoms. The first-order valence-electron chi connectivity index (χ1n) is 8.01. The third-order valence-electron chi connectivity index (χ3n) is 3.07. The molecule has 0 amide bonds. The van der Waals surface area contributed by atoms with Crippen LogP contribution in [0.15, 0.2) is 12.2 Å². The molecule has 0 aromatic rings. The van der Waals surface area contributed by atoms with E-state index in [0.717, 1.165) is 26.1 Å². The van der Waals surface area contributed by atoms with E-state index in [1.165, 1.54) is 51.4 Å². The van der Waals surface area contributed by atoms with Gasteiger partial charge in [-0.15, -0.1) is 0 Å². The van der Waals surface area contributed by atoms with Crippen LogP contribution in [0.4, 0.5) is 0 Å². The standard InChI is InChI=1S/C17H33O2.Li.H/c1-3-5-7-9-10-11-12-14-16-19-17-18-15-13-8-6-4-2;;/h6,8H,2-5,7,9-17H2,1H3;;/b8-6+;;. The minimum absolute atomic E-state index is 0. The van der Waals surface area contributed by atoms with E-state index in [2.05, 4.69) is 26.0 Å². The van der Waals surface area contributed by atoms with Crippen LogP contribution in [0.25, 0.3) is 0 Å². The van der Waals surface area contributed by atoms with Gasteiger partial charge in [0, 0.05) is 6.61 Å². The van der Waals surface area contributed by atoms with Crippen LogP contribution in [0.2, 0.25) is 0 Å². The van der Waals surface area contributed by atoms with Crippen molar-refractivity contribution in [1.82, 2.24) is 0 Å². The zero-order valence-electron chi connectivity index (χ0n) is 12.9. The van der Waals surface area contributed by atoms with Crippen LogP contribution < -0.4 is 0 Å². The van der Waals surface area contributed by atoms with E-state index in [-0.39, 0.29) is 18.9 Å². The van der Waals surface area contributed by atoms with Crippen molar-refractivity contribution in [3.05, 3.63) is 19.1 Å². The van der Waals surface area contributed by atoms with Gasteiger partial charge in [-0.25, -0.2) is 0 Å². The van der Waals surface area contributed by atoms with Crippen molar-refractivity contribution in [3.63, 3.8) is 0 Å². The average molecular weight is 277 g/mol. The third-order valence-corrected chi connectivity index (χ3v) is 3.07. The fourth-order valence-electron chi connectivity index (χ4n) is 1.90. The molecule has 2 nitrogen and oxygen atoms in total. The molecule has 0 heterocycles. The molecule has 0 aromatic carbocycles. The Morgan fingerprint density at radius 1 is 0.800 bits per heavy atom. The molecule has 0 N–H and O–H groups in total. The molecular formula is C17H34LiO2.